The lowest BCUT2D eigenvalue weighted by atomic mass is 10.1. The van der Waals surface area contributed by atoms with Crippen molar-refractivity contribution in [3.8, 4) is 0 Å². The highest BCUT2D eigenvalue weighted by Gasteiger charge is 2.31. The Labute approximate surface area is 152 Å². The van der Waals surface area contributed by atoms with Crippen molar-refractivity contribution in [2.24, 2.45) is 0 Å². The van der Waals surface area contributed by atoms with Gasteiger partial charge in [0.05, 0.1) is 30.4 Å². The summed E-state index contributed by atoms with van der Waals surface area (Å²) in [6.45, 7) is 4.75. The van der Waals surface area contributed by atoms with Crippen LogP contribution in [0, 0.1) is 6.92 Å². The summed E-state index contributed by atoms with van der Waals surface area (Å²) in [6.07, 6.45) is 2.39. The Morgan fingerprint density at radius 3 is 2.88 bits per heavy atom. The van der Waals surface area contributed by atoms with E-state index >= 15 is 0 Å². The number of rotatable bonds is 5. The number of aryl methyl sites for hydroxylation is 1. The molecule has 0 unspecified atom stereocenters. The summed E-state index contributed by atoms with van der Waals surface area (Å²) in [7, 11) is 0. The molecule has 2 aromatic heterocycles. The third-order valence-corrected chi connectivity index (χ3v) is 5.38. The maximum absolute atomic E-state index is 12.8. The molecule has 1 saturated heterocycles. The first kappa shape index (κ1) is 17.6. The molecule has 1 fully saturated rings. The fraction of sp³-hybridized carbons (Fsp3) is 0.421. The van der Waals surface area contributed by atoms with Gasteiger partial charge < -0.3 is 10.2 Å². The van der Waals surface area contributed by atoms with Gasteiger partial charge in [-0.25, -0.2) is 0 Å². The minimum atomic E-state index is -0.0730. The first-order valence-corrected chi connectivity index (χ1v) is 9.39. The van der Waals surface area contributed by atoms with Crippen LogP contribution < -0.4 is 5.32 Å². The van der Waals surface area contributed by atoms with Crippen molar-refractivity contribution >= 4 is 23.2 Å². The average Bonchev–Trinajstić information content (AvgIpc) is 3.22. The van der Waals surface area contributed by atoms with Crippen molar-refractivity contribution in [3.05, 3.63) is 51.5 Å². The molecule has 0 aromatic carbocycles. The quantitative estimate of drug-likeness (QED) is 0.895. The molecular weight excluding hydrogens is 334 g/mol. The molecule has 1 aliphatic rings. The van der Waals surface area contributed by atoms with Crippen LogP contribution in [-0.2, 0) is 22.6 Å². The lowest BCUT2D eigenvalue weighted by molar-refractivity contribution is -0.131. The Balaban J connectivity index is 1.71. The highest BCUT2D eigenvalue weighted by atomic mass is 32.1. The SMILES string of the molecule is CC(=O)NCc1cccc([C@H]2CCCN2C(=O)Cc2ccc(C)s2)n1. The Kier molecular flexibility index (Phi) is 5.48. The average molecular weight is 357 g/mol. The molecular formula is C19H23N3O2S. The van der Waals surface area contributed by atoms with Crippen LogP contribution in [0.5, 0.6) is 0 Å². The summed E-state index contributed by atoms with van der Waals surface area (Å²) in [5, 5.41) is 2.77. The van der Waals surface area contributed by atoms with Gasteiger partial charge in [0.25, 0.3) is 0 Å². The van der Waals surface area contributed by atoms with E-state index < -0.39 is 0 Å². The smallest absolute Gasteiger partial charge is 0.228 e. The summed E-state index contributed by atoms with van der Waals surface area (Å²) >= 11 is 1.68. The second-order valence-corrected chi connectivity index (χ2v) is 7.77. The van der Waals surface area contributed by atoms with E-state index in [-0.39, 0.29) is 17.9 Å². The number of carbonyl (C=O) groups excluding carboxylic acids is 2. The van der Waals surface area contributed by atoms with Gasteiger partial charge in [-0.1, -0.05) is 6.07 Å². The first-order valence-electron chi connectivity index (χ1n) is 8.58. The zero-order valence-corrected chi connectivity index (χ0v) is 15.4. The summed E-state index contributed by atoms with van der Waals surface area (Å²) in [4.78, 5) is 32.8. The van der Waals surface area contributed by atoms with Crippen LogP contribution in [0.2, 0.25) is 0 Å². The van der Waals surface area contributed by atoms with Crippen molar-refractivity contribution in [2.45, 2.75) is 45.7 Å². The number of thiophene rings is 1. The van der Waals surface area contributed by atoms with Crippen molar-refractivity contribution in [3.63, 3.8) is 0 Å². The molecule has 1 aliphatic heterocycles. The van der Waals surface area contributed by atoms with Crippen LogP contribution in [0.15, 0.2) is 30.3 Å². The predicted molar refractivity (Wildman–Crippen MR) is 98.2 cm³/mol. The van der Waals surface area contributed by atoms with E-state index in [0.717, 1.165) is 35.7 Å². The molecule has 25 heavy (non-hydrogen) atoms. The topological polar surface area (TPSA) is 62.3 Å². The standard InChI is InChI=1S/C19H23N3O2S/c1-13-8-9-16(25-13)11-19(24)22-10-4-7-18(22)17-6-3-5-15(21-17)12-20-14(2)23/h3,5-6,8-9,18H,4,7,10-12H2,1-2H3,(H,20,23)/t18-/m1/s1. The molecule has 132 valence electrons. The number of hydrogen-bond acceptors (Lipinski definition) is 4. The van der Waals surface area contributed by atoms with Gasteiger partial charge in [0, 0.05) is 23.2 Å². The second-order valence-electron chi connectivity index (χ2n) is 6.40. The first-order chi connectivity index (χ1) is 12.0. The van der Waals surface area contributed by atoms with Crippen molar-refractivity contribution < 1.29 is 9.59 Å². The Morgan fingerprint density at radius 2 is 2.16 bits per heavy atom. The van der Waals surface area contributed by atoms with Crippen LogP contribution in [-0.4, -0.2) is 28.2 Å². The van der Waals surface area contributed by atoms with Gasteiger partial charge in [-0.05, 0) is 44.0 Å². The van der Waals surface area contributed by atoms with Gasteiger partial charge in [-0.2, -0.15) is 0 Å². The Hall–Kier alpha value is -2.21. The zero-order chi connectivity index (χ0) is 17.8. The van der Waals surface area contributed by atoms with E-state index in [0.29, 0.717) is 13.0 Å². The molecule has 0 bridgehead atoms. The maximum atomic E-state index is 12.8. The van der Waals surface area contributed by atoms with Gasteiger partial charge in [0.2, 0.25) is 11.8 Å². The second kappa shape index (κ2) is 7.78. The van der Waals surface area contributed by atoms with E-state index in [1.54, 1.807) is 11.3 Å². The number of nitrogens with zero attached hydrogens (tertiary/aromatic N) is 2. The van der Waals surface area contributed by atoms with Crippen LogP contribution in [0.1, 0.15) is 46.9 Å². The van der Waals surface area contributed by atoms with Crippen molar-refractivity contribution in [2.75, 3.05) is 6.54 Å². The summed E-state index contributed by atoms with van der Waals surface area (Å²) in [5.41, 5.74) is 1.73. The number of amides is 2. The zero-order valence-electron chi connectivity index (χ0n) is 14.6. The Morgan fingerprint density at radius 1 is 1.32 bits per heavy atom. The van der Waals surface area contributed by atoms with Crippen molar-refractivity contribution in [1.29, 1.82) is 0 Å². The number of nitrogens with one attached hydrogen (secondary N) is 1. The van der Waals surface area contributed by atoms with Gasteiger partial charge in [-0.15, -0.1) is 11.3 Å². The van der Waals surface area contributed by atoms with Gasteiger partial charge >= 0.3 is 0 Å². The fourth-order valence-corrected chi connectivity index (χ4v) is 4.08. The Bertz CT molecular complexity index is 772. The summed E-state index contributed by atoms with van der Waals surface area (Å²) in [6, 6.07) is 9.95. The molecule has 0 saturated carbocycles. The van der Waals surface area contributed by atoms with Crippen LogP contribution in [0.4, 0.5) is 0 Å². The highest BCUT2D eigenvalue weighted by molar-refractivity contribution is 7.12. The number of aromatic nitrogens is 1. The molecule has 3 heterocycles. The minimum Gasteiger partial charge on any atom is -0.351 e. The number of carbonyl (C=O) groups is 2. The highest BCUT2D eigenvalue weighted by Crippen LogP contribution is 2.32. The molecule has 1 N–H and O–H groups in total. The van der Waals surface area contributed by atoms with E-state index in [2.05, 4.69) is 23.3 Å². The van der Waals surface area contributed by atoms with Gasteiger partial charge in [0.15, 0.2) is 0 Å². The van der Waals surface area contributed by atoms with E-state index in [4.69, 9.17) is 0 Å². The summed E-state index contributed by atoms with van der Waals surface area (Å²) < 4.78 is 0. The monoisotopic (exact) mass is 357 g/mol. The lowest BCUT2D eigenvalue weighted by Crippen LogP contribution is -2.32. The third-order valence-electron chi connectivity index (χ3n) is 4.38. The normalized spacial score (nSPS) is 16.9. The molecule has 2 aromatic rings. The molecule has 3 rings (SSSR count). The predicted octanol–water partition coefficient (Wildman–Crippen LogP) is 2.99. The van der Waals surface area contributed by atoms with E-state index in [9.17, 15) is 9.59 Å². The molecule has 2 amide bonds. The molecule has 1 atom stereocenters. The van der Waals surface area contributed by atoms with Crippen LogP contribution >= 0.6 is 11.3 Å². The summed E-state index contributed by atoms with van der Waals surface area (Å²) in [5.74, 6) is 0.0922. The number of pyridine rings is 1. The maximum Gasteiger partial charge on any atom is 0.228 e. The molecule has 0 radical (unpaired) electrons. The minimum absolute atomic E-state index is 0.0332. The molecule has 6 heteroatoms. The number of hydrogen-bond donors (Lipinski definition) is 1. The lowest BCUT2D eigenvalue weighted by Gasteiger charge is -2.24. The fourth-order valence-electron chi connectivity index (χ4n) is 3.20. The van der Waals surface area contributed by atoms with E-state index in [1.807, 2.05) is 29.2 Å². The van der Waals surface area contributed by atoms with Crippen LogP contribution in [0.25, 0.3) is 0 Å². The number of likely N-dealkylation sites (tertiary alicyclic amines) is 1. The molecule has 5 nitrogen and oxygen atoms in total. The van der Waals surface area contributed by atoms with E-state index in [1.165, 1.54) is 11.8 Å². The third kappa shape index (κ3) is 4.45. The van der Waals surface area contributed by atoms with Crippen molar-refractivity contribution in [1.82, 2.24) is 15.2 Å². The molecule has 0 spiro atoms. The van der Waals surface area contributed by atoms with Crippen LogP contribution in [0.3, 0.4) is 0 Å². The van der Waals surface area contributed by atoms with Gasteiger partial charge in [0.1, 0.15) is 0 Å². The largest absolute Gasteiger partial charge is 0.351 e. The van der Waals surface area contributed by atoms with Gasteiger partial charge in [-0.3, -0.25) is 14.6 Å². The molecule has 0 aliphatic carbocycles.